The molecular weight excluding hydrogens is 304 g/mol. The van der Waals surface area contributed by atoms with E-state index in [0.717, 1.165) is 16.7 Å². The number of hydrogen-bond donors (Lipinski definition) is 2. The van der Waals surface area contributed by atoms with Crippen molar-refractivity contribution in [2.75, 3.05) is 6.54 Å². The largest absolute Gasteiger partial charge is 0.444 e. The summed E-state index contributed by atoms with van der Waals surface area (Å²) in [5.74, 6) is 0. The van der Waals surface area contributed by atoms with E-state index in [1.54, 1.807) is 18.5 Å². The van der Waals surface area contributed by atoms with Gasteiger partial charge in [0.15, 0.2) is 0 Å². The third kappa shape index (κ3) is 5.66. The number of aliphatic hydroxyl groups is 1. The number of benzene rings is 1. The Labute approximate surface area is 142 Å². The molecule has 5 heteroatoms. The van der Waals surface area contributed by atoms with Crippen LogP contribution < -0.4 is 5.32 Å². The van der Waals surface area contributed by atoms with Crippen molar-refractivity contribution >= 4 is 6.09 Å². The quantitative estimate of drug-likeness (QED) is 0.884. The molecule has 1 heterocycles. The van der Waals surface area contributed by atoms with Gasteiger partial charge in [-0.2, -0.15) is 0 Å². The number of rotatable bonds is 5. The number of aromatic nitrogens is 1. The lowest BCUT2D eigenvalue weighted by Crippen LogP contribution is -2.33. The van der Waals surface area contributed by atoms with Crippen LogP contribution in [0.1, 0.15) is 43.6 Å². The molecule has 1 amide bonds. The van der Waals surface area contributed by atoms with Crippen molar-refractivity contribution < 1.29 is 14.6 Å². The molecule has 0 radical (unpaired) electrons. The summed E-state index contributed by atoms with van der Waals surface area (Å²) >= 11 is 0. The van der Waals surface area contributed by atoms with E-state index >= 15 is 0 Å². The van der Waals surface area contributed by atoms with Gasteiger partial charge in [0, 0.05) is 24.5 Å². The van der Waals surface area contributed by atoms with E-state index in [4.69, 9.17) is 4.74 Å². The van der Waals surface area contributed by atoms with Gasteiger partial charge in [-0.25, -0.2) is 4.79 Å². The number of ether oxygens (including phenoxy) is 1. The van der Waals surface area contributed by atoms with E-state index < -0.39 is 17.8 Å². The van der Waals surface area contributed by atoms with Crippen molar-refractivity contribution in [2.45, 2.75) is 38.9 Å². The number of aliphatic hydroxyl groups excluding tert-OH is 1. The summed E-state index contributed by atoms with van der Waals surface area (Å²) in [5.41, 5.74) is 2.09. The summed E-state index contributed by atoms with van der Waals surface area (Å²) in [6.07, 6.45) is 2.86. The van der Waals surface area contributed by atoms with Crippen LogP contribution >= 0.6 is 0 Å². The van der Waals surface area contributed by atoms with Gasteiger partial charge in [-0.3, -0.25) is 4.98 Å². The van der Waals surface area contributed by atoms with E-state index in [1.807, 2.05) is 51.1 Å². The number of nitrogens with one attached hydrogen (secondary N) is 1. The maximum absolute atomic E-state index is 11.6. The van der Waals surface area contributed by atoms with E-state index in [-0.39, 0.29) is 0 Å². The Morgan fingerprint density at radius 3 is 2.67 bits per heavy atom. The Kier molecular flexibility index (Phi) is 5.93. The molecule has 24 heavy (non-hydrogen) atoms. The molecule has 0 saturated heterocycles. The first-order valence-electron chi connectivity index (χ1n) is 7.99. The van der Waals surface area contributed by atoms with Gasteiger partial charge in [0.25, 0.3) is 0 Å². The van der Waals surface area contributed by atoms with Crippen molar-refractivity contribution in [3.05, 3.63) is 65.5 Å². The second-order valence-electron chi connectivity index (χ2n) is 6.61. The van der Waals surface area contributed by atoms with Gasteiger partial charge in [-0.1, -0.05) is 30.3 Å². The highest BCUT2D eigenvalue weighted by Gasteiger charge is 2.15. The number of amides is 1. The zero-order valence-electron chi connectivity index (χ0n) is 14.3. The average Bonchev–Trinajstić information content (AvgIpc) is 2.53. The molecular formula is C19H24N2O3. The Bertz CT molecular complexity index is 666. The minimum atomic E-state index is -0.711. The zero-order chi connectivity index (χ0) is 17.6. The monoisotopic (exact) mass is 328 g/mol. The zero-order valence-corrected chi connectivity index (χ0v) is 14.3. The van der Waals surface area contributed by atoms with E-state index in [1.165, 1.54) is 0 Å². The summed E-state index contributed by atoms with van der Waals surface area (Å²) in [5, 5.41) is 13.2. The SMILES string of the molecule is CC(C)(C)OC(=O)NCCc1cccc(C(O)c2cccnc2)c1. The molecule has 0 aliphatic heterocycles. The van der Waals surface area contributed by atoms with Gasteiger partial charge >= 0.3 is 6.09 Å². The molecule has 1 atom stereocenters. The summed E-state index contributed by atoms with van der Waals surface area (Å²) in [4.78, 5) is 15.7. The van der Waals surface area contributed by atoms with Crippen LogP contribution in [0.5, 0.6) is 0 Å². The van der Waals surface area contributed by atoms with Gasteiger partial charge in [0.1, 0.15) is 11.7 Å². The van der Waals surface area contributed by atoms with E-state index in [9.17, 15) is 9.90 Å². The summed E-state index contributed by atoms with van der Waals surface area (Å²) in [6, 6.07) is 11.3. The summed E-state index contributed by atoms with van der Waals surface area (Å²) in [6.45, 7) is 5.96. The first-order chi connectivity index (χ1) is 11.3. The summed E-state index contributed by atoms with van der Waals surface area (Å²) < 4.78 is 5.20. The second kappa shape index (κ2) is 7.93. The van der Waals surface area contributed by atoms with E-state index in [2.05, 4.69) is 10.3 Å². The molecule has 2 N–H and O–H groups in total. The maximum Gasteiger partial charge on any atom is 0.407 e. The van der Waals surface area contributed by atoms with Gasteiger partial charge in [0.2, 0.25) is 0 Å². The third-order valence-electron chi connectivity index (χ3n) is 3.35. The average molecular weight is 328 g/mol. The molecule has 1 unspecified atom stereocenters. The minimum absolute atomic E-state index is 0.422. The van der Waals surface area contributed by atoms with Crippen molar-refractivity contribution in [1.82, 2.24) is 10.3 Å². The second-order valence-corrected chi connectivity index (χ2v) is 6.61. The van der Waals surface area contributed by atoms with Gasteiger partial charge < -0.3 is 15.2 Å². The molecule has 2 rings (SSSR count). The van der Waals surface area contributed by atoms with Gasteiger partial charge in [0.05, 0.1) is 0 Å². The number of pyridine rings is 1. The molecule has 1 aromatic carbocycles. The number of alkyl carbamates (subject to hydrolysis) is 1. The van der Waals surface area contributed by atoms with Crippen molar-refractivity contribution in [1.29, 1.82) is 0 Å². The van der Waals surface area contributed by atoms with Crippen LogP contribution in [-0.2, 0) is 11.2 Å². The molecule has 5 nitrogen and oxygen atoms in total. The first kappa shape index (κ1) is 17.9. The lowest BCUT2D eigenvalue weighted by atomic mass is 10.00. The van der Waals surface area contributed by atoms with Crippen molar-refractivity contribution in [3.63, 3.8) is 0 Å². The molecule has 128 valence electrons. The molecule has 1 aromatic heterocycles. The predicted molar refractivity (Wildman–Crippen MR) is 92.7 cm³/mol. The lowest BCUT2D eigenvalue weighted by Gasteiger charge is -2.19. The fourth-order valence-electron chi connectivity index (χ4n) is 2.27. The number of hydrogen-bond acceptors (Lipinski definition) is 4. The molecule has 0 fully saturated rings. The maximum atomic E-state index is 11.6. The van der Waals surface area contributed by atoms with Crippen LogP contribution in [0, 0.1) is 0 Å². The topological polar surface area (TPSA) is 71.5 Å². The van der Waals surface area contributed by atoms with Crippen LogP contribution in [0.15, 0.2) is 48.8 Å². The molecule has 0 spiro atoms. The van der Waals surface area contributed by atoms with Crippen molar-refractivity contribution in [3.8, 4) is 0 Å². The van der Waals surface area contributed by atoms with Gasteiger partial charge in [-0.15, -0.1) is 0 Å². The highest BCUT2D eigenvalue weighted by atomic mass is 16.6. The van der Waals surface area contributed by atoms with E-state index in [0.29, 0.717) is 13.0 Å². The number of carbonyl (C=O) groups is 1. The highest BCUT2D eigenvalue weighted by molar-refractivity contribution is 5.67. The van der Waals surface area contributed by atoms with Crippen LogP contribution in [0.4, 0.5) is 4.79 Å². The molecule has 0 aliphatic carbocycles. The Hall–Kier alpha value is -2.40. The first-order valence-corrected chi connectivity index (χ1v) is 7.99. The summed E-state index contributed by atoms with van der Waals surface area (Å²) in [7, 11) is 0. The normalized spacial score (nSPS) is 12.5. The van der Waals surface area contributed by atoms with Crippen LogP contribution in [0.2, 0.25) is 0 Å². The Balaban J connectivity index is 1.92. The standard InChI is InChI=1S/C19H24N2O3/c1-19(2,3)24-18(23)21-11-9-14-6-4-7-15(12-14)17(22)16-8-5-10-20-13-16/h4-8,10,12-13,17,22H,9,11H2,1-3H3,(H,21,23). The lowest BCUT2D eigenvalue weighted by molar-refractivity contribution is 0.0528. The van der Waals surface area contributed by atoms with Crippen LogP contribution in [0.25, 0.3) is 0 Å². The van der Waals surface area contributed by atoms with Gasteiger partial charge in [-0.05, 0) is 44.4 Å². The third-order valence-corrected chi connectivity index (χ3v) is 3.35. The number of nitrogens with zero attached hydrogens (tertiary/aromatic N) is 1. The fourth-order valence-corrected chi connectivity index (χ4v) is 2.27. The smallest absolute Gasteiger partial charge is 0.407 e. The minimum Gasteiger partial charge on any atom is -0.444 e. The Morgan fingerprint density at radius 2 is 2.00 bits per heavy atom. The molecule has 0 bridgehead atoms. The van der Waals surface area contributed by atoms with Crippen molar-refractivity contribution in [2.24, 2.45) is 0 Å². The molecule has 0 saturated carbocycles. The van der Waals surface area contributed by atoms with Crippen LogP contribution in [-0.4, -0.2) is 28.3 Å². The van der Waals surface area contributed by atoms with Crippen LogP contribution in [0.3, 0.4) is 0 Å². The highest BCUT2D eigenvalue weighted by Crippen LogP contribution is 2.21. The Morgan fingerprint density at radius 1 is 1.25 bits per heavy atom. The molecule has 0 aliphatic rings. The fraction of sp³-hybridized carbons (Fsp3) is 0.368. The predicted octanol–water partition coefficient (Wildman–Crippen LogP) is 3.23. The number of carbonyl (C=O) groups excluding carboxylic acids is 1. The molecule has 2 aromatic rings.